The number of esters is 1. The third kappa shape index (κ3) is 6.95. The summed E-state index contributed by atoms with van der Waals surface area (Å²) in [6.07, 6.45) is 1.69. The first-order chi connectivity index (χ1) is 12.4. The molecule has 7 heteroatoms. The van der Waals surface area contributed by atoms with E-state index in [0.29, 0.717) is 30.4 Å². The Balaban J connectivity index is 2.65. The van der Waals surface area contributed by atoms with Crippen molar-refractivity contribution in [1.29, 1.82) is 0 Å². The van der Waals surface area contributed by atoms with Crippen molar-refractivity contribution in [3.8, 4) is 11.8 Å². The van der Waals surface area contributed by atoms with Crippen LogP contribution in [0.5, 0.6) is 0 Å². The van der Waals surface area contributed by atoms with Crippen LogP contribution in [-0.4, -0.2) is 61.6 Å². The largest absolute Gasteiger partial charge is 0.467 e. The average molecular weight is 360 g/mol. The van der Waals surface area contributed by atoms with Crippen LogP contribution in [-0.2, 0) is 14.3 Å². The summed E-state index contributed by atoms with van der Waals surface area (Å²) in [5.41, 5.74) is 0.970. The number of nitrogens with one attached hydrogen (secondary N) is 1. The Morgan fingerprint density at radius 2 is 2.04 bits per heavy atom. The molecule has 0 bridgehead atoms. The number of aliphatic hydroxyl groups is 1. The van der Waals surface area contributed by atoms with Gasteiger partial charge in [-0.15, -0.1) is 0 Å². The molecule has 1 rings (SSSR count). The van der Waals surface area contributed by atoms with E-state index >= 15 is 0 Å². The summed E-state index contributed by atoms with van der Waals surface area (Å²) in [4.78, 5) is 36.6. The number of unbranched alkanes of at least 4 members (excludes halogenated alkanes) is 1. The molecule has 7 nitrogen and oxygen atoms in total. The topological polar surface area (TPSA) is 95.9 Å². The molecule has 1 aromatic carbocycles. The molecular formula is C19H24N2O5. The van der Waals surface area contributed by atoms with Crippen molar-refractivity contribution in [2.75, 3.05) is 27.8 Å². The molecule has 0 radical (unpaired) electrons. The van der Waals surface area contributed by atoms with Crippen LogP contribution in [0.25, 0.3) is 0 Å². The minimum absolute atomic E-state index is 0.0644. The standard InChI is InChI=1S/C19H24N2O5/c1-21(2)17(23)11-6-4-5-8-14-9-7-10-15(12-14)18(24)20-16(13-22)19(25)26-3/h7,9-10,12,16,22H,4,6,11,13H2,1-3H3,(H,20,24)/t16-/m1/s1. The fourth-order valence-corrected chi connectivity index (χ4v) is 2.02. The van der Waals surface area contributed by atoms with Gasteiger partial charge in [0.1, 0.15) is 0 Å². The van der Waals surface area contributed by atoms with Crippen LogP contribution in [0.15, 0.2) is 24.3 Å². The molecule has 2 amide bonds. The van der Waals surface area contributed by atoms with Crippen molar-refractivity contribution in [3.05, 3.63) is 35.4 Å². The van der Waals surface area contributed by atoms with Crippen molar-refractivity contribution < 1.29 is 24.2 Å². The highest BCUT2D eigenvalue weighted by Gasteiger charge is 2.21. The molecule has 0 aromatic heterocycles. The van der Waals surface area contributed by atoms with Crippen LogP contribution in [0.1, 0.15) is 35.2 Å². The second kappa shape index (κ2) is 10.9. The van der Waals surface area contributed by atoms with Crippen molar-refractivity contribution in [3.63, 3.8) is 0 Å². The summed E-state index contributed by atoms with van der Waals surface area (Å²) >= 11 is 0. The summed E-state index contributed by atoms with van der Waals surface area (Å²) in [7, 11) is 4.61. The molecule has 26 heavy (non-hydrogen) atoms. The normalized spacial score (nSPS) is 10.9. The Morgan fingerprint density at radius 1 is 1.31 bits per heavy atom. The van der Waals surface area contributed by atoms with Gasteiger partial charge in [-0.3, -0.25) is 9.59 Å². The van der Waals surface area contributed by atoms with Gasteiger partial charge in [-0.05, 0) is 24.6 Å². The number of nitrogens with zero attached hydrogens (tertiary/aromatic N) is 1. The molecule has 140 valence electrons. The van der Waals surface area contributed by atoms with Gasteiger partial charge in [-0.2, -0.15) is 0 Å². The lowest BCUT2D eigenvalue weighted by Gasteiger charge is -2.13. The number of amides is 2. The maximum Gasteiger partial charge on any atom is 0.330 e. The molecule has 1 aromatic rings. The maximum atomic E-state index is 12.2. The summed E-state index contributed by atoms with van der Waals surface area (Å²) in [5, 5.41) is 11.6. The van der Waals surface area contributed by atoms with Gasteiger partial charge in [-0.1, -0.05) is 17.9 Å². The Morgan fingerprint density at radius 3 is 2.65 bits per heavy atom. The quantitative estimate of drug-likeness (QED) is 0.421. The van der Waals surface area contributed by atoms with E-state index < -0.39 is 24.5 Å². The van der Waals surface area contributed by atoms with Gasteiger partial charge < -0.3 is 20.1 Å². The summed E-state index contributed by atoms with van der Waals surface area (Å²) < 4.78 is 4.51. The van der Waals surface area contributed by atoms with Crippen LogP contribution in [0.4, 0.5) is 0 Å². The number of carbonyl (C=O) groups excluding carboxylic acids is 3. The molecule has 0 heterocycles. The van der Waals surface area contributed by atoms with E-state index in [1.807, 2.05) is 0 Å². The Bertz CT molecular complexity index is 703. The summed E-state index contributed by atoms with van der Waals surface area (Å²) in [6.45, 7) is -0.552. The molecule has 1 atom stereocenters. The molecule has 0 aliphatic carbocycles. The van der Waals surface area contributed by atoms with E-state index in [0.717, 1.165) is 0 Å². The number of hydrogen-bond donors (Lipinski definition) is 2. The Hall–Kier alpha value is -2.85. The van der Waals surface area contributed by atoms with E-state index in [-0.39, 0.29) is 5.91 Å². The van der Waals surface area contributed by atoms with Crippen molar-refractivity contribution >= 4 is 17.8 Å². The van der Waals surface area contributed by atoms with E-state index in [2.05, 4.69) is 21.9 Å². The molecule has 0 fully saturated rings. The maximum absolute atomic E-state index is 12.2. The molecule has 0 aliphatic rings. The van der Waals surface area contributed by atoms with E-state index in [1.54, 1.807) is 43.3 Å². The third-order valence-electron chi connectivity index (χ3n) is 3.52. The van der Waals surface area contributed by atoms with Crippen LogP contribution in [0.2, 0.25) is 0 Å². The minimum Gasteiger partial charge on any atom is -0.467 e. The highest BCUT2D eigenvalue weighted by atomic mass is 16.5. The zero-order chi connectivity index (χ0) is 19.5. The fraction of sp³-hybridized carbons (Fsp3) is 0.421. The fourth-order valence-electron chi connectivity index (χ4n) is 2.02. The van der Waals surface area contributed by atoms with E-state index in [9.17, 15) is 14.4 Å². The lowest BCUT2D eigenvalue weighted by Crippen LogP contribution is -2.44. The molecule has 0 unspecified atom stereocenters. The van der Waals surface area contributed by atoms with Gasteiger partial charge in [0, 0.05) is 38.1 Å². The van der Waals surface area contributed by atoms with Crippen molar-refractivity contribution in [2.24, 2.45) is 0 Å². The molecule has 2 N–H and O–H groups in total. The van der Waals surface area contributed by atoms with E-state index in [4.69, 9.17) is 5.11 Å². The van der Waals surface area contributed by atoms with Gasteiger partial charge in [0.15, 0.2) is 6.04 Å². The minimum atomic E-state index is -1.11. The molecule has 0 spiro atoms. The number of aliphatic hydroxyl groups excluding tert-OH is 1. The highest BCUT2D eigenvalue weighted by molar-refractivity contribution is 5.97. The second-order valence-corrected chi connectivity index (χ2v) is 5.76. The first-order valence-electron chi connectivity index (χ1n) is 8.17. The first kappa shape index (κ1) is 21.2. The van der Waals surface area contributed by atoms with Crippen LogP contribution in [0, 0.1) is 11.8 Å². The second-order valence-electron chi connectivity index (χ2n) is 5.76. The zero-order valence-electron chi connectivity index (χ0n) is 15.2. The number of methoxy groups -OCH3 is 1. The number of rotatable bonds is 7. The van der Waals surface area contributed by atoms with Gasteiger partial charge in [0.25, 0.3) is 5.91 Å². The van der Waals surface area contributed by atoms with Crippen LogP contribution >= 0.6 is 0 Å². The monoisotopic (exact) mass is 360 g/mol. The van der Waals surface area contributed by atoms with Gasteiger partial charge >= 0.3 is 5.97 Å². The predicted octanol–water partition coefficient (Wildman–Crippen LogP) is 0.560. The Kier molecular flexibility index (Phi) is 8.88. The van der Waals surface area contributed by atoms with Gasteiger partial charge in [-0.25, -0.2) is 4.79 Å². The SMILES string of the molecule is COC(=O)[C@@H](CO)NC(=O)c1cccc(C#CCCCC(=O)N(C)C)c1. The number of ether oxygens (including phenoxy) is 1. The molecule has 0 saturated heterocycles. The van der Waals surface area contributed by atoms with Crippen molar-refractivity contribution in [1.82, 2.24) is 10.2 Å². The van der Waals surface area contributed by atoms with Crippen LogP contribution < -0.4 is 5.32 Å². The number of hydrogen-bond acceptors (Lipinski definition) is 5. The highest BCUT2D eigenvalue weighted by Crippen LogP contribution is 2.05. The number of carbonyl (C=O) groups is 3. The first-order valence-corrected chi connectivity index (χ1v) is 8.17. The van der Waals surface area contributed by atoms with E-state index in [1.165, 1.54) is 7.11 Å². The zero-order valence-corrected chi connectivity index (χ0v) is 15.2. The lowest BCUT2D eigenvalue weighted by atomic mass is 10.1. The van der Waals surface area contributed by atoms with Crippen LogP contribution in [0.3, 0.4) is 0 Å². The van der Waals surface area contributed by atoms with Gasteiger partial charge in [0.2, 0.25) is 5.91 Å². The van der Waals surface area contributed by atoms with Gasteiger partial charge in [0.05, 0.1) is 13.7 Å². The summed E-state index contributed by atoms with van der Waals surface area (Å²) in [6, 6.07) is 5.51. The lowest BCUT2D eigenvalue weighted by molar-refractivity contribution is -0.143. The summed E-state index contributed by atoms with van der Waals surface area (Å²) in [5.74, 6) is 4.76. The smallest absolute Gasteiger partial charge is 0.330 e. The third-order valence-corrected chi connectivity index (χ3v) is 3.52. The molecular weight excluding hydrogens is 336 g/mol. The molecule has 0 aliphatic heterocycles. The van der Waals surface area contributed by atoms with Crippen molar-refractivity contribution in [2.45, 2.75) is 25.3 Å². The predicted molar refractivity (Wildman–Crippen MR) is 96.2 cm³/mol. The Labute approximate surface area is 153 Å². The number of benzene rings is 1. The average Bonchev–Trinajstić information content (AvgIpc) is 2.64. The molecule has 0 saturated carbocycles.